The summed E-state index contributed by atoms with van der Waals surface area (Å²) in [5.41, 5.74) is 0. The van der Waals surface area contributed by atoms with Crippen LogP contribution in [0.1, 0.15) is 13.8 Å². The van der Waals surface area contributed by atoms with Gasteiger partial charge in [0.05, 0.1) is 15.9 Å². The van der Waals surface area contributed by atoms with E-state index in [1.54, 1.807) is 13.8 Å². The molecule has 0 aromatic carbocycles. The SMILES string of the molecule is CC(C)(S)CS(=O)(=O)[O-].[Na+]. The largest absolute Gasteiger partial charge is 1.00 e. The van der Waals surface area contributed by atoms with Crippen LogP contribution in [0.4, 0.5) is 0 Å². The van der Waals surface area contributed by atoms with Crippen molar-refractivity contribution in [2.45, 2.75) is 18.6 Å². The Hall–Kier alpha value is 1.26. The summed E-state index contributed by atoms with van der Waals surface area (Å²) in [4.78, 5) is 0. The van der Waals surface area contributed by atoms with Crippen molar-refractivity contribution in [3.05, 3.63) is 0 Å². The van der Waals surface area contributed by atoms with Crippen molar-refractivity contribution in [3.63, 3.8) is 0 Å². The molecule has 0 saturated heterocycles. The van der Waals surface area contributed by atoms with Crippen molar-refractivity contribution >= 4 is 22.7 Å². The molecule has 0 radical (unpaired) electrons. The van der Waals surface area contributed by atoms with E-state index >= 15 is 0 Å². The Bertz CT molecular complexity index is 179. The molecule has 0 spiro atoms. The number of hydrogen-bond donors (Lipinski definition) is 1. The van der Waals surface area contributed by atoms with Crippen LogP contribution >= 0.6 is 12.6 Å². The molecular formula is C4H9NaO3S2. The van der Waals surface area contributed by atoms with Crippen LogP contribution in [0.15, 0.2) is 0 Å². The monoisotopic (exact) mass is 192 g/mol. The quantitative estimate of drug-likeness (QED) is 0.293. The van der Waals surface area contributed by atoms with Gasteiger partial charge in [-0.2, -0.15) is 12.6 Å². The van der Waals surface area contributed by atoms with Crippen LogP contribution in [0.3, 0.4) is 0 Å². The molecule has 0 aliphatic heterocycles. The Morgan fingerprint density at radius 2 is 1.80 bits per heavy atom. The van der Waals surface area contributed by atoms with Crippen molar-refractivity contribution in [2.75, 3.05) is 5.75 Å². The molecule has 3 nitrogen and oxygen atoms in total. The summed E-state index contributed by atoms with van der Waals surface area (Å²) in [6.07, 6.45) is 0. The first-order valence-electron chi connectivity index (χ1n) is 2.37. The van der Waals surface area contributed by atoms with Crippen LogP contribution in [-0.4, -0.2) is 23.5 Å². The third-order valence-corrected chi connectivity index (χ3v) is 1.98. The van der Waals surface area contributed by atoms with Gasteiger partial charge in [0.2, 0.25) is 0 Å². The van der Waals surface area contributed by atoms with Gasteiger partial charge < -0.3 is 4.55 Å². The molecule has 0 aliphatic rings. The summed E-state index contributed by atoms with van der Waals surface area (Å²) >= 11 is 3.87. The van der Waals surface area contributed by atoms with Crippen molar-refractivity contribution in [1.82, 2.24) is 0 Å². The first-order chi connectivity index (χ1) is 3.71. The Balaban J connectivity index is 0. The van der Waals surface area contributed by atoms with Crippen LogP contribution in [-0.2, 0) is 10.1 Å². The van der Waals surface area contributed by atoms with Gasteiger partial charge in [0.15, 0.2) is 0 Å². The van der Waals surface area contributed by atoms with Gasteiger partial charge in [0.1, 0.15) is 0 Å². The van der Waals surface area contributed by atoms with Gasteiger partial charge in [-0.3, -0.25) is 0 Å². The minimum atomic E-state index is -4.11. The van der Waals surface area contributed by atoms with Crippen LogP contribution in [0.25, 0.3) is 0 Å². The van der Waals surface area contributed by atoms with Gasteiger partial charge >= 0.3 is 29.6 Å². The molecule has 0 unspecified atom stereocenters. The van der Waals surface area contributed by atoms with Crippen LogP contribution in [0.2, 0.25) is 0 Å². The fourth-order valence-corrected chi connectivity index (χ4v) is 1.77. The second-order valence-corrected chi connectivity index (χ2v) is 5.13. The molecule has 0 N–H and O–H groups in total. The minimum Gasteiger partial charge on any atom is -0.748 e. The minimum absolute atomic E-state index is 0. The average molecular weight is 192 g/mol. The van der Waals surface area contributed by atoms with E-state index < -0.39 is 20.6 Å². The van der Waals surface area contributed by atoms with Gasteiger partial charge in [0, 0.05) is 4.75 Å². The second kappa shape index (κ2) is 4.33. The summed E-state index contributed by atoms with van der Waals surface area (Å²) in [6, 6.07) is 0. The molecule has 0 rings (SSSR count). The Kier molecular flexibility index (Phi) is 5.98. The Morgan fingerprint density at radius 3 is 1.80 bits per heavy atom. The van der Waals surface area contributed by atoms with E-state index in [2.05, 4.69) is 12.6 Å². The van der Waals surface area contributed by atoms with Gasteiger partial charge in [-0.25, -0.2) is 8.42 Å². The summed E-state index contributed by atoms with van der Waals surface area (Å²) in [6.45, 7) is 3.15. The molecule has 0 fully saturated rings. The maximum absolute atomic E-state index is 10.0. The van der Waals surface area contributed by atoms with E-state index in [1.165, 1.54) is 0 Å². The Labute approximate surface area is 89.0 Å². The topological polar surface area (TPSA) is 57.2 Å². The molecule has 0 aromatic rings. The molecule has 0 atom stereocenters. The summed E-state index contributed by atoms with van der Waals surface area (Å²) in [5.74, 6) is -0.427. The van der Waals surface area contributed by atoms with E-state index in [9.17, 15) is 13.0 Å². The number of hydrogen-bond acceptors (Lipinski definition) is 4. The average Bonchev–Trinajstić information content (AvgIpc) is 1.14. The molecule has 0 aliphatic carbocycles. The summed E-state index contributed by atoms with van der Waals surface area (Å²) in [7, 11) is -4.11. The number of rotatable bonds is 2. The molecule has 56 valence electrons. The van der Waals surface area contributed by atoms with Crippen molar-refractivity contribution in [2.24, 2.45) is 0 Å². The molecule has 0 heterocycles. The van der Waals surface area contributed by atoms with Crippen molar-refractivity contribution < 1.29 is 42.5 Å². The third-order valence-electron chi connectivity index (χ3n) is 0.530. The third kappa shape index (κ3) is 12.0. The van der Waals surface area contributed by atoms with Crippen molar-refractivity contribution in [3.8, 4) is 0 Å². The zero-order valence-electron chi connectivity index (χ0n) is 6.29. The zero-order chi connectivity index (χ0) is 7.71. The predicted molar refractivity (Wildman–Crippen MR) is 37.6 cm³/mol. The maximum Gasteiger partial charge on any atom is 1.00 e. The van der Waals surface area contributed by atoms with Gasteiger partial charge in [-0.15, -0.1) is 0 Å². The predicted octanol–water partition coefficient (Wildman–Crippen LogP) is -2.76. The van der Waals surface area contributed by atoms with E-state index in [0.717, 1.165) is 0 Å². The maximum atomic E-state index is 10.0. The molecule has 0 bridgehead atoms. The summed E-state index contributed by atoms with van der Waals surface area (Å²) in [5, 5.41) is 0. The van der Waals surface area contributed by atoms with E-state index in [4.69, 9.17) is 0 Å². The first-order valence-corrected chi connectivity index (χ1v) is 4.39. The second-order valence-electron chi connectivity index (χ2n) is 2.51. The van der Waals surface area contributed by atoms with E-state index in [0.29, 0.717) is 0 Å². The summed E-state index contributed by atoms with van der Waals surface area (Å²) < 4.78 is 29.4. The Morgan fingerprint density at radius 1 is 1.50 bits per heavy atom. The molecule has 0 amide bonds. The van der Waals surface area contributed by atoms with Gasteiger partial charge in [0.25, 0.3) is 0 Å². The molecule has 0 aromatic heterocycles. The van der Waals surface area contributed by atoms with Crippen molar-refractivity contribution in [1.29, 1.82) is 0 Å². The van der Waals surface area contributed by atoms with Gasteiger partial charge in [-0.05, 0) is 0 Å². The fraction of sp³-hybridized carbons (Fsp3) is 1.00. The standard InChI is InChI=1S/C4H10O3S2.Na/c1-4(2,8)3-9(5,6)7;/h8H,3H2,1-2H3,(H,5,6,7);/q;+1/p-1. The van der Waals surface area contributed by atoms with E-state index in [-0.39, 0.29) is 29.6 Å². The van der Waals surface area contributed by atoms with Crippen LogP contribution in [0, 0.1) is 0 Å². The fourth-order valence-electron chi connectivity index (χ4n) is 0.433. The first kappa shape index (κ1) is 13.8. The molecule has 0 saturated carbocycles. The van der Waals surface area contributed by atoms with Crippen LogP contribution < -0.4 is 29.6 Å². The molecule has 6 heteroatoms. The van der Waals surface area contributed by atoms with Gasteiger partial charge in [-0.1, -0.05) is 13.8 Å². The van der Waals surface area contributed by atoms with Crippen LogP contribution in [0.5, 0.6) is 0 Å². The van der Waals surface area contributed by atoms with E-state index in [1.807, 2.05) is 0 Å². The molecule has 10 heavy (non-hydrogen) atoms. The number of thiol groups is 1. The smallest absolute Gasteiger partial charge is 0.748 e. The normalized spacial score (nSPS) is 12.4. The zero-order valence-corrected chi connectivity index (χ0v) is 10.00. The molecular weight excluding hydrogens is 183 g/mol.